The first-order valence-corrected chi connectivity index (χ1v) is 5.38. The maximum Gasteiger partial charge on any atom is 0.244 e. The highest BCUT2D eigenvalue weighted by atomic mass is 16.2. The van der Waals surface area contributed by atoms with Crippen LogP contribution in [0.4, 0.5) is 5.82 Å². The molecule has 17 heavy (non-hydrogen) atoms. The molecule has 0 spiro atoms. The number of amides is 2. The molecule has 1 unspecified atom stereocenters. The van der Waals surface area contributed by atoms with Crippen LogP contribution in [-0.4, -0.2) is 40.7 Å². The fraction of sp³-hybridized carbons (Fsp3) is 0.500. The Hall–Kier alpha value is -1.89. The second kappa shape index (κ2) is 4.54. The molecule has 1 aromatic rings. The number of anilines is 1. The van der Waals surface area contributed by atoms with Gasteiger partial charge in [-0.05, 0) is 6.92 Å². The zero-order chi connectivity index (χ0) is 12.4. The lowest BCUT2D eigenvalue weighted by molar-refractivity contribution is -0.124. The molecule has 2 heterocycles. The molecular formula is C10H15N5O2. The minimum absolute atomic E-state index is 0.0922. The van der Waals surface area contributed by atoms with Gasteiger partial charge in [-0.15, -0.1) is 0 Å². The molecule has 7 heteroatoms. The van der Waals surface area contributed by atoms with E-state index in [1.54, 1.807) is 17.8 Å². The molecule has 2 amide bonds. The smallest absolute Gasteiger partial charge is 0.244 e. The molecule has 92 valence electrons. The molecule has 0 aromatic carbocycles. The minimum atomic E-state index is -0.400. The van der Waals surface area contributed by atoms with Crippen LogP contribution in [-0.2, 0) is 16.6 Å². The number of carbonyl (C=O) groups excluding carboxylic acids is 2. The molecule has 2 rings (SSSR count). The molecule has 0 saturated carbocycles. The monoisotopic (exact) mass is 237 g/mol. The Morgan fingerprint density at radius 1 is 1.65 bits per heavy atom. The largest absolute Gasteiger partial charge is 0.353 e. The van der Waals surface area contributed by atoms with Crippen LogP contribution in [0.5, 0.6) is 0 Å². The third-order valence-electron chi connectivity index (χ3n) is 2.58. The summed E-state index contributed by atoms with van der Waals surface area (Å²) in [6.45, 7) is 2.33. The van der Waals surface area contributed by atoms with Crippen molar-refractivity contribution < 1.29 is 9.59 Å². The number of piperazine rings is 1. The van der Waals surface area contributed by atoms with E-state index in [4.69, 9.17) is 0 Å². The molecule has 3 N–H and O–H groups in total. The molecular weight excluding hydrogens is 222 g/mol. The first kappa shape index (κ1) is 11.6. The van der Waals surface area contributed by atoms with E-state index < -0.39 is 6.04 Å². The summed E-state index contributed by atoms with van der Waals surface area (Å²) in [5.74, 6) is 0.379. The third-order valence-corrected chi connectivity index (χ3v) is 2.58. The predicted molar refractivity (Wildman–Crippen MR) is 61.4 cm³/mol. The van der Waals surface area contributed by atoms with Crippen molar-refractivity contribution in [3.63, 3.8) is 0 Å². The molecule has 1 aliphatic heterocycles. The topological polar surface area (TPSA) is 88.0 Å². The van der Waals surface area contributed by atoms with Gasteiger partial charge in [0.05, 0.1) is 12.2 Å². The second-order valence-corrected chi connectivity index (χ2v) is 4.02. The highest BCUT2D eigenvalue weighted by Crippen LogP contribution is 2.08. The summed E-state index contributed by atoms with van der Waals surface area (Å²) in [6.07, 6.45) is 0. The highest BCUT2D eigenvalue weighted by molar-refractivity contribution is 5.95. The van der Waals surface area contributed by atoms with Gasteiger partial charge in [0.25, 0.3) is 0 Å². The maximum absolute atomic E-state index is 11.9. The average molecular weight is 237 g/mol. The number of nitrogens with zero attached hydrogens (tertiary/aromatic N) is 2. The van der Waals surface area contributed by atoms with Crippen LogP contribution in [0.15, 0.2) is 6.07 Å². The lowest BCUT2D eigenvalue weighted by atomic mass is 10.2. The van der Waals surface area contributed by atoms with Gasteiger partial charge in [0.2, 0.25) is 11.8 Å². The first-order valence-electron chi connectivity index (χ1n) is 5.38. The van der Waals surface area contributed by atoms with Gasteiger partial charge in [0.15, 0.2) is 0 Å². The summed E-state index contributed by atoms with van der Waals surface area (Å²) >= 11 is 0. The molecule has 1 atom stereocenters. The van der Waals surface area contributed by atoms with E-state index in [0.29, 0.717) is 12.4 Å². The summed E-state index contributed by atoms with van der Waals surface area (Å²) in [7, 11) is 1.76. The average Bonchev–Trinajstić information content (AvgIpc) is 2.58. The van der Waals surface area contributed by atoms with E-state index in [9.17, 15) is 9.59 Å². The standard InChI is InChI=1S/C10H15N5O2/c1-6-3-8(15(2)14-6)13-10(17)7-4-12-9(16)5-11-7/h3,7,11H,4-5H2,1-2H3,(H,12,16)(H,13,17). The van der Waals surface area contributed by atoms with Gasteiger partial charge in [-0.1, -0.05) is 0 Å². The van der Waals surface area contributed by atoms with Crippen molar-refractivity contribution in [1.82, 2.24) is 20.4 Å². The Kier molecular flexibility index (Phi) is 3.10. The SMILES string of the molecule is Cc1cc(NC(=O)C2CNC(=O)CN2)n(C)n1. The number of hydrogen-bond acceptors (Lipinski definition) is 4. The molecule has 1 saturated heterocycles. The predicted octanol–water partition coefficient (Wildman–Crippen LogP) is -1.24. The summed E-state index contributed by atoms with van der Waals surface area (Å²) in [6, 6.07) is 1.39. The molecule has 0 bridgehead atoms. The number of aryl methyl sites for hydroxylation is 2. The molecule has 1 aliphatic rings. The van der Waals surface area contributed by atoms with E-state index in [1.165, 1.54) is 0 Å². The summed E-state index contributed by atoms with van der Waals surface area (Å²) in [5.41, 5.74) is 0.840. The summed E-state index contributed by atoms with van der Waals surface area (Å²) in [4.78, 5) is 22.8. The van der Waals surface area contributed by atoms with E-state index >= 15 is 0 Å². The van der Waals surface area contributed by atoms with Crippen LogP contribution < -0.4 is 16.0 Å². The van der Waals surface area contributed by atoms with Gasteiger partial charge in [-0.3, -0.25) is 19.6 Å². The zero-order valence-corrected chi connectivity index (χ0v) is 9.78. The van der Waals surface area contributed by atoms with Gasteiger partial charge < -0.3 is 10.6 Å². The van der Waals surface area contributed by atoms with Crippen LogP contribution in [0.3, 0.4) is 0 Å². The van der Waals surface area contributed by atoms with Gasteiger partial charge in [0.1, 0.15) is 11.9 Å². The quantitative estimate of drug-likeness (QED) is 0.600. The Bertz CT molecular complexity index is 444. The number of carbonyl (C=O) groups is 2. The molecule has 1 fully saturated rings. The van der Waals surface area contributed by atoms with Crippen molar-refractivity contribution in [1.29, 1.82) is 0 Å². The number of rotatable bonds is 2. The van der Waals surface area contributed by atoms with Crippen molar-refractivity contribution in [2.24, 2.45) is 7.05 Å². The fourth-order valence-corrected chi connectivity index (χ4v) is 1.69. The molecule has 1 aromatic heterocycles. The van der Waals surface area contributed by atoms with Crippen LogP contribution in [0.1, 0.15) is 5.69 Å². The maximum atomic E-state index is 11.9. The van der Waals surface area contributed by atoms with Crippen LogP contribution >= 0.6 is 0 Å². The van der Waals surface area contributed by atoms with Crippen molar-refractivity contribution >= 4 is 17.6 Å². The minimum Gasteiger partial charge on any atom is -0.353 e. The number of nitrogens with one attached hydrogen (secondary N) is 3. The Morgan fingerprint density at radius 3 is 2.94 bits per heavy atom. The Balaban J connectivity index is 1.97. The van der Waals surface area contributed by atoms with Crippen molar-refractivity contribution in [2.75, 3.05) is 18.4 Å². The second-order valence-electron chi connectivity index (χ2n) is 4.02. The van der Waals surface area contributed by atoms with Gasteiger partial charge in [-0.2, -0.15) is 5.10 Å². The summed E-state index contributed by atoms with van der Waals surface area (Å²) in [5, 5.41) is 12.4. The highest BCUT2D eigenvalue weighted by Gasteiger charge is 2.24. The van der Waals surface area contributed by atoms with Crippen LogP contribution in [0, 0.1) is 6.92 Å². The molecule has 0 aliphatic carbocycles. The van der Waals surface area contributed by atoms with Crippen LogP contribution in [0.2, 0.25) is 0 Å². The number of hydrogen-bond donors (Lipinski definition) is 3. The first-order chi connectivity index (χ1) is 8.06. The van der Waals surface area contributed by atoms with E-state index in [2.05, 4.69) is 21.0 Å². The van der Waals surface area contributed by atoms with E-state index in [1.807, 2.05) is 6.92 Å². The summed E-state index contributed by atoms with van der Waals surface area (Å²) < 4.78 is 1.61. The molecule has 7 nitrogen and oxygen atoms in total. The van der Waals surface area contributed by atoms with Crippen LogP contribution in [0.25, 0.3) is 0 Å². The zero-order valence-electron chi connectivity index (χ0n) is 9.78. The van der Waals surface area contributed by atoms with Crippen molar-refractivity contribution in [3.05, 3.63) is 11.8 Å². The normalized spacial score (nSPS) is 19.9. The third kappa shape index (κ3) is 2.62. The lowest BCUT2D eigenvalue weighted by Gasteiger charge is -2.22. The van der Waals surface area contributed by atoms with Crippen molar-refractivity contribution in [3.8, 4) is 0 Å². The van der Waals surface area contributed by atoms with Gasteiger partial charge in [-0.25, -0.2) is 0 Å². The Labute approximate surface area is 98.6 Å². The van der Waals surface area contributed by atoms with E-state index in [0.717, 1.165) is 5.69 Å². The number of aromatic nitrogens is 2. The fourth-order valence-electron chi connectivity index (χ4n) is 1.69. The van der Waals surface area contributed by atoms with Gasteiger partial charge >= 0.3 is 0 Å². The van der Waals surface area contributed by atoms with Gasteiger partial charge in [0, 0.05) is 19.7 Å². The molecule has 0 radical (unpaired) electrons. The van der Waals surface area contributed by atoms with Crippen molar-refractivity contribution in [2.45, 2.75) is 13.0 Å². The lowest BCUT2D eigenvalue weighted by Crippen LogP contribution is -2.56. The Morgan fingerprint density at radius 2 is 2.41 bits per heavy atom. The van der Waals surface area contributed by atoms with E-state index in [-0.39, 0.29) is 18.4 Å².